The Morgan fingerprint density at radius 1 is 1.38 bits per heavy atom. The van der Waals surface area contributed by atoms with Gasteiger partial charge in [0, 0.05) is 6.42 Å². The van der Waals surface area contributed by atoms with E-state index < -0.39 is 4.92 Å². The number of H-pyrrole nitrogens is 1. The van der Waals surface area contributed by atoms with Crippen molar-refractivity contribution in [1.82, 2.24) is 10.2 Å². The van der Waals surface area contributed by atoms with Crippen molar-refractivity contribution in [2.45, 2.75) is 6.42 Å². The zero-order chi connectivity index (χ0) is 11.5. The number of nitrogens with zero attached hydrogens (tertiary/aromatic N) is 2. The van der Waals surface area contributed by atoms with E-state index in [0.29, 0.717) is 12.1 Å². The monoisotopic (exact) mass is 218 g/mol. The second-order valence-corrected chi connectivity index (χ2v) is 3.35. The lowest BCUT2D eigenvalue weighted by molar-refractivity contribution is -0.384. The molecule has 0 saturated carbocycles. The summed E-state index contributed by atoms with van der Waals surface area (Å²) in [6, 6.07) is 9.40. The molecule has 0 amide bonds. The van der Waals surface area contributed by atoms with Gasteiger partial charge in [-0.15, -0.1) is 0 Å². The van der Waals surface area contributed by atoms with Crippen LogP contribution in [-0.4, -0.2) is 15.1 Å². The second-order valence-electron chi connectivity index (χ2n) is 3.35. The second kappa shape index (κ2) is 4.01. The molecular weight excluding hydrogens is 208 g/mol. The van der Waals surface area contributed by atoms with Crippen LogP contribution >= 0.6 is 0 Å². The molecule has 0 aliphatic rings. The van der Waals surface area contributed by atoms with Gasteiger partial charge in [0.1, 0.15) is 5.69 Å². The third kappa shape index (κ3) is 1.85. The summed E-state index contributed by atoms with van der Waals surface area (Å²) in [6.45, 7) is 0. The zero-order valence-corrected chi connectivity index (χ0v) is 8.38. The first kappa shape index (κ1) is 10.2. The molecule has 6 nitrogen and oxygen atoms in total. The Morgan fingerprint density at radius 2 is 2.06 bits per heavy atom. The van der Waals surface area contributed by atoms with Crippen LogP contribution in [0.15, 0.2) is 30.3 Å². The number of aromatic amines is 1. The minimum Gasteiger partial charge on any atom is -0.378 e. The van der Waals surface area contributed by atoms with Crippen LogP contribution in [0, 0.1) is 10.1 Å². The molecule has 0 unspecified atom stereocenters. The molecule has 0 radical (unpaired) electrons. The average molecular weight is 218 g/mol. The SMILES string of the molecule is Nc1[nH]nc(Cc2ccccc2)c1[N+](=O)[O-]. The number of anilines is 1. The van der Waals surface area contributed by atoms with E-state index in [1.807, 2.05) is 30.3 Å². The van der Waals surface area contributed by atoms with Crippen molar-refractivity contribution in [3.8, 4) is 0 Å². The Hall–Kier alpha value is -2.37. The highest BCUT2D eigenvalue weighted by molar-refractivity contribution is 5.56. The summed E-state index contributed by atoms with van der Waals surface area (Å²) in [7, 11) is 0. The lowest BCUT2D eigenvalue weighted by Crippen LogP contribution is -1.97. The maximum Gasteiger partial charge on any atom is 0.333 e. The van der Waals surface area contributed by atoms with Gasteiger partial charge in [0.2, 0.25) is 0 Å². The van der Waals surface area contributed by atoms with Gasteiger partial charge in [-0.1, -0.05) is 30.3 Å². The first-order chi connectivity index (χ1) is 7.68. The van der Waals surface area contributed by atoms with Crippen molar-refractivity contribution in [1.29, 1.82) is 0 Å². The van der Waals surface area contributed by atoms with E-state index in [2.05, 4.69) is 10.2 Å². The molecule has 1 aromatic carbocycles. The minimum absolute atomic E-state index is 0.00377. The smallest absolute Gasteiger partial charge is 0.333 e. The first-order valence-corrected chi connectivity index (χ1v) is 4.69. The maximum atomic E-state index is 10.8. The summed E-state index contributed by atoms with van der Waals surface area (Å²) in [5.41, 5.74) is 6.61. The predicted molar refractivity (Wildman–Crippen MR) is 58.9 cm³/mol. The largest absolute Gasteiger partial charge is 0.378 e. The molecule has 1 heterocycles. The Balaban J connectivity index is 2.32. The topological polar surface area (TPSA) is 97.8 Å². The van der Waals surface area contributed by atoms with Gasteiger partial charge in [-0.25, -0.2) is 0 Å². The summed E-state index contributed by atoms with van der Waals surface area (Å²) in [6.07, 6.45) is 0.394. The molecule has 16 heavy (non-hydrogen) atoms. The van der Waals surface area contributed by atoms with E-state index in [-0.39, 0.29) is 11.5 Å². The average Bonchev–Trinajstić information content (AvgIpc) is 2.61. The summed E-state index contributed by atoms with van der Waals surface area (Å²) in [4.78, 5) is 10.2. The number of aromatic nitrogens is 2. The van der Waals surface area contributed by atoms with Gasteiger partial charge in [-0.3, -0.25) is 15.2 Å². The fourth-order valence-electron chi connectivity index (χ4n) is 1.51. The van der Waals surface area contributed by atoms with Crippen molar-refractivity contribution in [2.75, 3.05) is 5.73 Å². The van der Waals surface area contributed by atoms with E-state index in [9.17, 15) is 10.1 Å². The maximum absolute atomic E-state index is 10.8. The van der Waals surface area contributed by atoms with Gasteiger partial charge >= 0.3 is 5.69 Å². The molecule has 2 rings (SSSR count). The highest BCUT2D eigenvalue weighted by Gasteiger charge is 2.22. The lowest BCUT2D eigenvalue weighted by Gasteiger charge is -1.97. The van der Waals surface area contributed by atoms with Crippen molar-refractivity contribution >= 4 is 11.5 Å². The molecule has 0 fully saturated rings. The van der Waals surface area contributed by atoms with Gasteiger partial charge in [-0.2, -0.15) is 5.10 Å². The molecule has 0 saturated heterocycles. The fraction of sp³-hybridized carbons (Fsp3) is 0.100. The van der Waals surface area contributed by atoms with Crippen LogP contribution in [0.1, 0.15) is 11.3 Å². The van der Waals surface area contributed by atoms with Crippen molar-refractivity contribution in [2.24, 2.45) is 0 Å². The van der Waals surface area contributed by atoms with Gasteiger partial charge in [-0.05, 0) is 5.56 Å². The Bertz CT molecular complexity index is 507. The van der Waals surface area contributed by atoms with E-state index in [0.717, 1.165) is 5.56 Å². The molecule has 6 heteroatoms. The van der Waals surface area contributed by atoms with Crippen LogP contribution in [0.3, 0.4) is 0 Å². The Labute approximate surface area is 91.2 Å². The van der Waals surface area contributed by atoms with Crippen molar-refractivity contribution in [3.05, 3.63) is 51.7 Å². The number of nitrogens with two attached hydrogens (primary N) is 1. The first-order valence-electron chi connectivity index (χ1n) is 4.69. The summed E-state index contributed by atoms with van der Waals surface area (Å²) in [5, 5.41) is 17.0. The van der Waals surface area contributed by atoms with Crippen LogP contribution in [0.5, 0.6) is 0 Å². The van der Waals surface area contributed by atoms with Gasteiger partial charge in [0.15, 0.2) is 5.82 Å². The van der Waals surface area contributed by atoms with Crippen LogP contribution in [0.2, 0.25) is 0 Å². The molecule has 3 N–H and O–H groups in total. The highest BCUT2D eigenvalue weighted by atomic mass is 16.6. The lowest BCUT2D eigenvalue weighted by atomic mass is 10.1. The number of benzene rings is 1. The van der Waals surface area contributed by atoms with Gasteiger partial charge in [0.25, 0.3) is 0 Å². The summed E-state index contributed by atoms with van der Waals surface area (Å²) >= 11 is 0. The molecule has 1 aromatic heterocycles. The van der Waals surface area contributed by atoms with Crippen molar-refractivity contribution < 1.29 is 4.92 Å². The van der Waals surface area contributed by atoms with E-state index in [4.69, 9.17) is 5.73 Å². The van der Waals surface area contributed by atoms with Crippen LogP contribution in [-0.2, 0) is 6.42 Å². The van der Waals surface area contributed by atoms with Gasteiger partial charge < -0.3 is 5.73 Å². The number of nitrogens with one attached hydrogen (secondary N) is 1. The van der Waals surface area contributed by atoms with Crippen molar-refractivity contribution in [3.63, 3.8) is 0 Å². The molecule has 82 valence electrons. The molecular formula is C10H10N4O2. The normalized spacial score (nSPS) is 10.2. The van der Waals surface area contributed by atoms with Crippen LogP contribution < -0.4 is 5.73 Å². The third-order valence-corrected chi connectivity index (χ3v) is 2.24. The number of rotatable bonds is 3. The number of hydrogen-bond acceptors (Lipinski definition) is 4. The highest BCUT2D eigenvalue weighted by Crippen LogP contribution is 2.24. The number of nitro groups is 1. The standard InChI is InChI=1S/C10H10N4O2/c11-10-9(14(15)16)8(12-13-10)6-7-4-2-1-3-5-7/h1-5H,6H2,(H3,11,12,13). The van der Waals surface area contributed by atoms with E-state index in [1.165, 1.54) is 0 Å². The van der Waals surface area contributed by atoms with Gasteiger partial charge in [0.05, 0.1) is 4.92 Å². The van der Waals surface area contributed by atoms with Crippen LogP contribution in [0.4, 0.5) is 11.5 Å². The summed E-state index contributed by atoms with van der Waals surface area (Å²) in [5.74, 6) is -0.00377. The molecule has 0 spiro atoms. The predicted octanol–water partition coefficient (Wildman–Crippen LogP) is 1.49. The molecule has 0 aliphatic heterocycles. The third-order valence-electron chi connectivity index (χ3n) is 2.24. The van der Waals surface area contributed by atoms with Crippen LogP contribution in [0.25, 0.3) is 0 Å². The minimum atomic E-state index is -0.517. The Morgan fingerprint density at radius 3 is 2.69 bits per heavy atom. The molecule has 0 atom stereocenters. The number of hydrogen-bond donors (Lipinski definition) is 2. The molecule has 0 aliphatic carbocycles. The fourth-order valence-corrected chi connectivity index (χ4v) is 1.51. The summed E-state index contributed by atoms with van der Waals surface area (Å²) < 4.78 is 0. The molecule has 0 bridgehead atoms. The molecule has 2 aromatic rings. The number of nitrogen functional groups attached to an aromatic ring is 1. The quantitative estimate of drug-likeness (QED) is 0.602. The van der Waals surface area contributed by atoms with E-state index in [1.54, 1.807) is 0 Å². The van der Waals surface area contributed by atoms with E-state index >= 15 is 0 Å². The zero-order valence-electron chi connectivity index (χ0n) is 8.38. The Kier molecular flexibility index (Phi) is 2.55.